The minimum atomic E-state index is 0.000772. The Morgan fingerprint density at radius 3 is 2.65 bits per heavy atom. The van der Waals surface area contributed by atoms with Crippen molar-refractivity contribution in [3.8, 4) is 11.5 Å². The molecule has 1 atom stereocenters. The summed E-state index contributed by atoms with van der Waals surface area (Å²) in [4.78, 5) is 6.50. The summed E-state index contributed by atoms with van der Waals surface area (Å²) in [5, 5.41) is 6.61. The quantitative estimate of drug-likeness (QED) is 0.333. The van der Waals surface area contributed by atoms with Crippen molar-refractivity contribution in [2.75, 3.05) is 61.1 Å². The van der Waals surface area contributed by atoms with Gasteiger partial charge >= 0.3 is 0 Å². The monoisotopic (exact) mass is 366 g/mol. The topological polar surface area (TPSA) is 67.4 Å². The van der Waals surface area contributed by atoms with Crippen molar-refractivity contribution in [2.45, 2.75) is 19.4 Å². The largest absolute Gasteiger partial charge is 0.497 e. The first-order valence-electron chi connectivity index (χ1n) is 9.01. The lowest BCUT2D eigenvalue weighted by Crippen LogP contribution is -2.42. The Hall–Kier alpha value is -1.99. The molecular formula is C19H34N4O3. The Morgan fingerprint density at radius 1 is 1.19 bits per heavy atom. The van der Waals surface area contributed by atoms with E-state index in [-0.39, 0.29) is 6.10 Å². The molecule has 0 aromatic heterocycles. The molecule has 0 fully saturated rings. The fourth-order valence-corrected chi connectivity index (χ4v) is 2.32. The van der Waals surface area contributed by atoms with Gasteiger partial charge in [-0.25, -0.2) is 0 Å². The van der Waals surface area contributed by atoms with Gasteiger partial charge in [0.15, 0.2) is 5.96 Å². The summed E-state index contributed by atoms with van der Waals surface area (Å²) in [5.41, 5.74) is 0. The zero-order valence-corrected chi connectivity index (χ0v) is 16.7. The number of guanidine groups is 1. The Bertz CT molecular complexity index is 525. The van der Waals surface area contributed by atoms with Gasteiger partial charge < -0.3 is 29.7 Å². The molecule has 0 aliphatic rings. The molecule has 1 aromatic rings. The van der Waals surface area contributed by atoms with E-state index < -0.39 is 0 Å². The lowest BCUT2D eigenvalue weighted by Gasteiger charge is -2.19. The van der Waals surface area contributed by atoms with Crippen LogP contribution in [0.3, 0.4) is 0 Å². The molecule has 0 amide bonds. The molecule has 0 aliphatic carbocycles. The summed E-state index contributed by atoms with van der Waals surface area (Å²) >= 11 is 0. The maximum absolute atomic E-state index is 5.90. The number of ether oxygens (including phenoxy) is 3. The molecule has 1 aromatic carbocycles. The SMILES string of the molecule is CN=C(NCCCN(C)CCOC)NCC(C)Oc1cccc(OC)c1. The molecule has 0 heterocycles. The highest BCUT2D eigenvalue weighted by molar-refractivity contribution is 5.79. The first-order chi connectivity index (χ1) is 12.6. The molecule has 0 saturated heterocycles. The summed E-state index contributed by atoms with van der Waals surface area (Å²) in [5.74, 6) is 2.36. The number of likely N-dealkylation sites (N-methyl/N-ethyl adjacent to an activating group) is 1. The van der Waals surface area contributed by atoms with Crippen LogP contribution in [0.2, 0.25) is 0 Å². The molecule has 7 nitrogen and oxygen atoms in total. The second kappa shape index (κ2) is 13.2. The van der Waals surface area contributed by atoms with E-state index in [1.165, 1.54) is 0 Å². The summed E-state index contributed by atoms with van der Waals surface area (Å²) in [7, 11) is 7.25. The van der Waals surface area contributed by atoms with Gasteiger partial charge in [-0.15, -0.1) is 0 Å². The fourth-order valence-electron chi connectivity index (χ4n) is 2.32. The van der Waals surface area contributed by atoms with Gasteiger partial charge in [-0.3, -0.25) is 4.99 Å². The Kier molecular flexibility index (Phi) is 11.2. The normalized spacial score (nSPS) is 12.8. The maximum Gasteiger partial charge on any atom is 0.191 e. The number of benzene rings is 1. The average molecular weight is 367 g/mol. The molecule has 0 aliphatic heterocycles. The summed E-state index contributed by atoms with van der Waals surface area (Å²) in [6.45, 7) is 6.26. The molecule has 1 rings (SSSR count). The molecule has 26 heavy (non-hydrogen) atoms. The van der Waals surface area contributed by atoms with Gasteiger partial charge in [0.05, 0.1) is 20.3 Å². The van der Waals surface area contributed by atoms with Crippen LogP contribution < -0.4 is 20.1 Å². The summed E-state index contributed by atoms with van der Waals surface area (Å²) in [6.07, 6.45) is 1.04. The van der Waals surface area contributed by atoms with Crippen molar-refractivity contribution in [2.24, 2.45) is 4.99 Å². The lowest BCUT2D eigenvalue weighted by molar-refractivity contribution is 0.161. The van der Waals surface area contributed by atoms with Crippen molar-refractivity contribution in [1.29, 1.82) is 0 Å². The number of nitrogens with one attached hydrogen (secondary N) is 2. The van der Waals surface area contributed by atoms with Gasteiger partial charge in [-0.2, -0.15) is 0 Å². The molecule has 0 saturated carbocycles. The summed E-state index contributed by atoms with van der Waals surface area (Å²) < 4.78 is 16.2. The van der Waals surface area contributed by atoms with Crippen LogP contribution in [0.5, 0.6) is 11.5 Å². The van der Waals surface area contributed by atoms with Crippen LogP contribution in [0.25, 0.3) is 0 Å². The van der Waals surface area contributed by atoms with Gasteiger partial charge in [0.2, 0.25) is 0 Å². The second-order valence-electron chi connectivity index (χ2n) is 6.14. The van der Waals surface area contributed by atoms with Gasteiger partial charge in [-0.1, -0.05) is 6.07 Å². The van der Waals surface area contributed by atoms with Crippen LogP contribution in [-0.4, -0.2) is 78.1 Å². The summed E-state index contributed by atoms with van der Waals surface area (Å²) in [6, 6.07) is 7.61. The van der Waals surface area contributed by atoms with Crippen molar-refractivity contribution < 1.29 is 14.2 Å². The third-order valence-corrected chi connectivity index (χ3v) is 3.85. The highest BCUT2D eigenvalue weighted by atomic mass is 16.5. The lowest BCUT2D eigenvalue weighted by atomic mass is 10.3. The molecular weight excluding hydrogens is 332 g/mol. The molecule has 7 heteroatoms. The van der Waals surface area contributed by atoms with Crippen molar-refractivity contribution >= 4 is 5.96 Å². The molecule has 0 radical (unpaired) electrons. The third kappa shape index (κ3) is 9.48. The predicted octanol–water partition coefficient (Wildman–Crippen LogP) is 1.60. The second-order valence-corrected chi connectivity index (χ2v) is 6.14. The van der Waals surface area contributed by atoms with E-state index in [0.717, 1.165) is 50.1 Å². The van der Waals surface area contributed by atoms with E-state index in [4.69, 9.17) is 14.2 Å². The number of nitrogens with zero attached hydrogens (tertiary/aromatic N) is 2. The van der Waals surface area contributed by atoms with Crippen LogP contribution >= 0.6 is 0 Å². The van der Waals surface area contributed by atoms with Crippen molar-refractivity contribution in [1.82, 2.24) is 15.5 Å². The highest BCUT2D eigenvalue weighted by Gasteiger charge is 2.06. The van der Waals surface area contributed by atoms with E-state index in [0.29, 0.717) is 6.54 Å². The van der Waals surface area contributed by atoms with Crippen molar-refractivity contribution in [3.05, 3.63) is 24.3 Å². The fraction of sp³-hybridized carbons (Fsp3) is 0.632. The highest BCUT2D eigenvalue weighted by Crippen LogP contribution is 2.19. The van der Waals surface area contributed by atoms with Crippen LogP contribution in [0, 0.1) is 0 Å². The standard InChI is InChI=1S/C19H34N4O3/c1-16(26-18-9-6-8-17(14-18)25-5)15-22-19(20-2)21-10-7-11-23(3)12-13-24-4/h6,8-9,14,16H,7,10-13,15H2,1-5H3,(H2,20,21,22). The van der Waals surface area contributed by atoms with Gasteiger partial charge in [0, 0.05) is 33.3 Å². The zero-order valence-electron chi connectivity index (χ0n) is 16.7. The Labute approximate surface area is 157 Å². The van der Waals surface area contributed by atoms with E-state index in [1.807, 2.05) is 31.2 Å². The van der Waals surface area contributed by atoms with Crippen LogP contribution in [-0.2, 0) is 4.74 Å². The zero-order chi connectivity index (χ0) is 19.2. The van der Waals surface area contributed by atoms with E-state index >= 15 is 0 Å². The average Bonchev–Trinajstić information content (AvgIpc) is 2.65. The number of methoxy groups -OCH3 is 2. The number of hydrogen-bond donors (Lipinski definition) is 2. The number of hydrogen-bond acceptors (Lipinski definition) is 5. The predicted molar refractivity (Wildman–Crippen MR) is 106 cm³/mol. The number of rotatable bonds is 12. The molecule has 0 bridgehead atoms. The van der Waals surface area contributed by atoms with E-state index in [9.17, 15) is 0 Å². The van der Waals surface area contributed by atoms with Crippen LogP contribution in [0.1, 0.15) is 13.3 Å². The van der Waals surface area contributed by atoms with E-state index in [1.54, 1.807) is 21.3 Å². The first kappa shape index (κ1) is 22.1. The van der Waals surface area contributed by atoms with Gasteiger partial charge in [0.1, 0.15) is 17.6 Å². The first-order valence-corrected chi connectivity index (χ1v) is 9.01. The van der Waals surface area contributed by atoms with Crippen LogP contribution in [0.4, 0.5) is 0 Å². The van der Waals surface area contributed by atoms with Gasteiger partial charge in [-0.05, 0) is 39.1 Å². The number of aliphatic imine (C=N–C) groups is 1. The molecule has 2 N–H and O–H groups in total. The van der Waals surface area contributed by atoms with Gasteiger partial charge in [0.25, 0.3) is 0 Å². The molecule has 0 spiro atoms. The van der Waals surface area contributed by atoms with Crippen molar-refractivity contribution in [3.63, 3.8) is 0 Å². The Balaban J connectivity index is 2.24. The molecule has 148 valence electrons. The van der Waals surface area contributed by atoms with E-state index in [2.05, 4.69) is 27.6 Å². The minimum absolute atomic E-state index is 0.000772. The maximum atomic E-state index is 5.90. The Morgan fingerprint density at radius 2 is 1.96 bits per heavy atom. The van der Waals surface area contributed by atoms with Crippen LogP contribution in [0.15, 0.2) is 29.3 Å². The third-order valence-electron chi connectivity index (χ3n) is 3.85. The smallest absolute Gasteiger partial charge is 0.191 e. The minimum Gasteiger partial charge on any atom is -0.497 e. The molecule has 1 unspecified atom stereocenters.